The summed E-state index contributed by atoms with van der Waals surface area (Å²) in [7, 11) is 0. The average molecular weight is 703 g/mol. The Hall–Kier alpha value is -4.52. The molecule has 1 aromatic carbocycles. The van der Waals surface area contributed by atoms with Crippen LogP contribution in [0.25, 0.3) is 5.69 Å². The second-order valence-corrected chi connectivity index (χ2v) is 14.5. The van der Waals surface area contributed by atoms with Crippen LogP contribution >= 0.6 is 0 Å². The number of aryl methyl sites for hydroxylation is 4. The number of piperazine rings is 1. The van der Waals surface area contributed by atoms with Gasteiger partial charge in [0.15, 0.2) is 0 Å². The van der Waals surface area contributed by atoms with Crippen LogP contribution in [0.4, 0.5) is 16.0 Å². The van der Waals surface area contributed by atoms with Crippen molar-refractivity contribution in [1.29, 1.82) is 0 Å². The second-order valence-electron chi connectivity index (χ2n) is 14.5. The van der Waals surface area contributed by atoms with E-state index in [9.17, 15) is 18.9 Å². The Labute approximate surface area is 299 Å². The first-order valence-corrected chi connectivity index (χ1v) is 18.4. The fraction of sp³-hybridized carbons (Fsp3) is 0.553. The van der Waals surface area contributed by atoms with Gasteiger partial charge in [-0.1, -0.05) is 6.07 Å². The van der Waals surface area contributed by atoms with Crippen molar-refractivity contribution in [2.45, 2.75) is 77.6 Å². The Morgan fingerprint density at radius 2 is 1.84 bits per heavy atom. The minimum absolute atomic E-state index is 0.0256. The summed E-state index contributed by atoms with van der Waals surface area (Å²) in [5.74, 6) is -0.0177. The fourth-order valence-corrected chi connectivity index (χ4v) is 7.84. The van der Waals surface area contributed by atoms with Crippen molar-refractivity contribution in [3.05, 3.63) is 64.6 Å². The van der Waals surface area contributed by atoms with Crippen molar-refractivity contribution in [1.82, 2.24) is 24.6 Å². The molecule has 12 nitrogen and oxygen atoms in total. The highest BCUT2D eigenvalue weighted by molar-refractivity contribution is 5.78. The number of halogens is 1. The van der Waals surface area contributed by atoms with Gasteiger partial charge in [-0.25, -0.2) is 14.5 Å². The fourth-order valence-electron chi connectivity index (χ4n) is 7.84. The molecule has 2 aromatic heterocycles. The monoisotopic (exact) mass is 702 g/mol. The molecule has 3 aliphatic heterocycles. The Balaban J connectivity index is 1.17. The lowest BCUT2D eigenvalue weighted by Crippen LogP contribution is -2.48. The molecule has 3 N–H and O–H groups in total. The number of likely N-dealkylation sites (tertiary alicyclic amines) is 1. The smallest absolute Gasteiger partial charge is 0.349 e. The van der Waals surface area contributed by atoms with Crippen molar-refractivity contribution >= 4 is 29.3 Å². The highest BCUT2D eigenvalue weighted by Crippen LogP contribution is 2.33. The summed E-state index contributed by atoms with van der Waals surface area (Å²) in [6.45, 7) is 9.71. The van der Waals surface area contributed by atoms with Crippen LogP contribution in [-0.2, 0) is 32.2 Å². The molecule has 0 aliphatic carbocycles. The van der Waals surface area contributed by atoms with E-state index in [-0.39, 0.29) is 24.7 Å². The van der Waals surface area contributed by atoms with Crippen LogP contribution in [-0.4, -0.2) is 94.7 Å². The number of aromatic nitrogens is 3. The Kier molecular flexibility index (Phi) is 11.9. The molecule has 274 valence electrons. The third-order valence-corrected chi connectivity index (χ3v) is 10.6. The third kappa shape index (κ3) is 9.43. The van der Waals surface area contributed by atoms with Crippen LogP contribution in [0.5, 0.6) is 0 Å². The highest BCUT2D eigenvalue weighted by atomic mass is 19.3. The maximum absolute atomic E-state index is 13.2. The summed E-state index contributed by atoms with van der Waals surface area (Å²) in [5, 5.41) is 8.18. The van der Waals surface area contributed by atoms with E-state index in [1.807, 2.05) is 29.5 Å². The molecule has 2 saturated heterocycles. The molecule has 3 aliphatic rings. The Bertz CT molecular complexity index is 1700. The zero-order valence-electron chi connectivity index (χ0n) is 29.9. The number of hydrogen-bond acceptors (Lipinski definition) is 9. The van der Waals surface area contributed by atoms with Gasteiger partial charge in [-0.2, -0.15) is 5.10 Å². The van der Waals surface area contributed by atoms with Gasteiger partial charge in [0.1, 0.15) is 5.82 Å². The number of fused-ring (bicyclic) bond motifs is 1. The van der Waals surface area contributed by atoms with Crippen LogP contribution < -0.4 is 16.0 Å². The first-order valence-electron chi connectivity index (χ1n) is 18.4. The Morgan fingerprint density at radius 3 is 2.59 bits per heavy atom. The first-order chi connectivity index (χ1) is 24.6. The van der Waals surface area contributed by atoms with E-state index < -0.39 is 11.9 Å². The molecule has 0 saturated carbocycles. The van der Waals surface area contributed by atoms with Gasteiger partial charge in [-0.15, -0.1) is 0 Å². The second kappa shape index (κ2) is 16.7. The maximum atomic E-state index is 13.2. The summed E-state index contributed by atoms with van der Waals surface area (Å²) in [4.78, 5) is 51.5. The molecule has 6 rings (SSSR count). The van der Waals surface area contributed by atoms with E-state index >= 15 is 0 Å². The summed E-state index contributed by atoms with van der Waals surface area (Å²) >= 11 is 0. The first kappa shape index (κ1) is 36.3. The number of carbonyl (C=O) groups is 3. The number of primary amides is 1. The standard InChI is InChI=1S/C38H51FN8O4/c1-26-19-27(2)47(43-26)34-21-30(20-33(23-34)45-15-17-46(18-16-45)36(49)7-3-6-35(40)48)31(22-37(50)51-39)25-44-14-12-28(24-44)8-10-32-11-9-29-5-4-13-41-38(29)42-32/h9,11,19-21,23,28,31H,3-8,10,12-18,22,24-25H2,1-2H3,(H2,40,48)(H,41,42). The van der Waals surface area contributed by atoms with Crippen molar-refractivity contribution in [2.24, 2.45) is 11.7 Å². The normalized spacial score (nSPS) is 18.3. The molecule has 3 aromatic rings. The molecule has 51 heavy (non-hydrogen) atoms. The van der Waals surface area contributed by atoms with E-state index in [1.54, 1.807) is 0 Å². The summed E-state index contributed by atoms with van der Waals surface area (Å²) in [5.41, 5.74) is 12.3. The summed E-state index contributed by atoms with van der Waals surface area (Å²) < 4.78 is 15.1. The maximum Gasteiger partial charge on any atom is 0.349 e. The van der Waals surface area contributed by atoms with E-state index in [4.69, 9.17) is 15.8 Å². The lowest BCUT2D eigenvalue weighted by molar-refractivity contribution is -0.184. The molecule has 0 spiro atoms. The van der Waals surface area contributed by atoms with E-state index in [0.29, 0.717) is 51.5 Å². The number of carbonyl (C=O) groups excluding carboxylic acids is 3. The molecule has 5 heterocycles. The van der Waals surface area contributed by atoms with E-state index in [2.05, 4.69) is 50.4 Å². The van der Waals surface area contributed by atoms with Gasteiger partial charge < -0.3 is 25.8 Å². The van der Waals surface area contributed by atoms with Gasteiger partial charge in [0.2, 0.25) is 11.8 Å². The number of nitrogens with two attached hydrogens (primary N) is 1. The lowest BCUT2D eigenvalue weighted by atomic mass is 9.93. The van der Waals surface area contributed by atoms with Crippen LogP contribution in [0.3, 0.4) is 0 Å². The van der Waals surface area contributed by atoms with Gasteiger partial charge in [0.25, 0.3) is 0 Å². The largest absolute Gasteiger partial charge is 0.370 e. The van der Waals surface area contributed by atoms with Crippen LogP contribution in [0.15, 0.2) is 36.4 Å². The summed E-state index contributed by atoms with van der Waals surface area (Å²) in [6.07, 6.45) is 6.11. The number of anilines is 2. The molecular weight excluding hydrogens is 651 g/mol. The van der Waals surface area contributed by atoms with Gasteiger partial charge in [-0.05, 0) is 106 Å². The van der Waals surface area contributed by atoms with E-state index in [1.165, 1.54) is 5.56 Å². The molecule has 0 bridgehead atoms. The predicted molar refractivity (Wildman–Crippen MR) is 193 cm³/mol. The van der Waals surface area contributed by atoms with E-state index in [0.717, 1.165) is 91.6 Å². The van der Waals surface area contributed by atoms with Crippen molar-refractivity contribution in [2.75, 3.05) is 62.6 Å². The number of pyridine rings is 1. The molecule has 0 radical (unpaired) electrons. The lowest BCUT2D eigenvalue weighted by Gasteiger charge is -2.37. The zero-order valence-corrected chi connectivity index (χ0v) is 29.9. The molecular formula is C38H51FN8O4. The minimum atomic E-state index is -0.885. The molecule has 13 heteroatoms. The van der Waals surface area contributed by atoms with Crippen molar-refractivity contribution < 1.29 is 23.9 Å². The number of benzene rings is 1. The number of hydrogen-bond donors (Lipinski definition) is 2. The molecule has 2 unspecified atom stereocenters. The quantitative estimate of drug-likeness (QED) is 0.250. The van der Waals surface area contributed by atoms with Gasteiger partial charge in [0, 0.05) is 86.2 Å². The van der Waals surface area contributed by atoms with Gasteiger partial charge in [0.05, 0.1) is 17.8 Å². The zero-order chi connectivity index (χ0) is 35.9. The summed E-state index contributed by atoms with van der Waals surface area (Å²) in [6, 6.07) is 12.6. The average Bonchev–Trinajstić information content (AvgIpc) is 3.74. The van der Waals surface area contributed by atoms with Gasteiger partial charge in [-0.3, -0.25) is 14.5 Å². The number of amides is 2. The minimum Gasteiger partial charge on any atom is -0.370 e. The topological polar surface area (TPSA) is 139 Å². The third-order valence-electron chi connectivity index (χ3n) is 10.6. The highest BCUT2D eigenvalue weighted by Gasteiger charge is 2.29. The molecule has 2 atom stereocenters. The van der Waals surface area contributed by atoms with Crippen LogP contribution in [0, 0.1) is 19.8 Å². The SMILES string of the molecule is Cc1cc(C)n(-c2cc(C(CC(=O)OF)CN3CCC(CCc4ccc5c(n4)NCCC5)C3)cc(N3CCN(C(=O)CCCC(N)=O)CC3)c2)n1. The predicted octanol–water partition coefficient (Wildman–Crippen LogP) is 4.40. The number of rotatable bonds is 14. The van der Waals surface area contributed by atoms with Gasteiger partial charge >= 0.3 is 5.97 Å². The number of nitrogens with zero attached hydrogens (tertiary/aromatic N) is 6. The van der Waals surface area contributed by atoms with Crippen molar-refractivity contribution in [3.63, 3.8) is 0 Å². The molecule has 2 amide bonds. The van der Waals surface area contributed by atoms with Crippen LogP contribution in [0.1, 0.15) is 79.1 Å². The molecule has 2 fully saturated rings. The number of nitrogens with one attached hydrogen (secondary N) is 1. The van der Waals surface area contributed by atoms with Crippen molar-refractivity contribution in [3.8, 4) is 5.69 Å². The van der Waals surface area contributed by atoms with Crippen LogP contribution in [0.2, 0.25) is 0 Å². The Morgan fingerprint density at radius 1 is 1.04 bits per heavy atom.